The van der Waals surface area contributed by atoms with E-state index in [9.17, 15) is 4.79 Å². The zero-order valence-electron chi connectivity index (χ0n) is 12.2. The lowest BCUT2D eigenvalue weighted by Gasteiger charge is -2.34. The SMILES string of the molecule is CCOC1(C(=O)c2cc3cccc(Cl)c3o2)CCCCC1. The number of hydrogen-bond acceptors (Lipinski definition) is 3. The van der Waals surface area contributed by atoms with Crippen molar-refractivity contribution >= 4 is 28.4 Å². The van der Waals surface area contributed by atoms with Crippen molar-refractivity contribution in [3.63, 3.8) is 0 Å². The highest BCUT2D eigenvalue weighted by Gasteiger charge is 2.42. The van der Waals surface area contributed by atoms with Crippen LogP contribution in [0.25, 0.3) is 11.0 Å². The van der Waals surface area contributed by atoms with Crippen molar-refractivity contribution in [2.45, 2.75) is 44.6 Å². The van der Waals surface area contributed by atoms with Gasteiger partial charge in [-0.3, -0.25) is 4.79 Å². The van der Waals surface area contributed by atoms with Gasteiger partial charge in [0, 0.05) is 12.0 Å². The van der Waals surface area contributed by atoms with Gasteiger partial charge < -0.3 is 9.15 Å². The molecule has 0 atom stereocenters. The van der Waals surface area contributed by atoms with E-state index in [0.29, 0.717) is 23.0 Å². The van der Waals surface area contributed by atoms with Crippen LogP contribution in [0, 0.1) is 0 Å². The summed E-state index contributed by atoms with van der Waals surface area (Å²) in [7, 11) is 0. The van der Waals surface area contributed by atoms with E-state index in [1.165, 1.54) is 0 Å². The molecule has 1 aliphatic carbocycles. The Morgan fingerprint density at radius 2 is 2.10 bits per heavy atom. The average Bonchev–Trinajstić information content (AvgIpc) is 2.93. The maximum Gasteiger partial charge on any atom is 0.229 e. The number of para-hydroxylation sites is 1. The molecule has 1 aromatic carbocycles. The number of carbonyl (C=O) groups is 1. The summed E-state index contributed by atoms with van der Waals surface area (Å²) in [5, 5.41) is 1.38. The summed E-state index contributed by atoms with van der Waals surface area (Å²) in [5.74, 6) is 0.310. The molecule has 3 nitrogen and oxygen atoms in total. The molecule has 0 amide bonds. The quantitative estimate of drug-likeness (QED) is 0.745. The number of ether oxygens (including phenoxy) is 1. The fraction of sp³-hybridized carbons (Fsp3) is 0.471. The number of fused-ring (bicyclic) bond motifs is 1. The van der Waals surface area contributed by atoms with Crippen LogP contribution in [0.1, 0.15) is 49.6 Å². The molecule has 0 bridgehead atoms. The molecule has 1 saturated carbocycles. The lowest BCUT2D eigenvalue weighted by atomic mass is 9.80. The van der Waals surface area contributed by atoms with Crippen LogP contribution in [0.3, 0.4) is 0 Å². The highest BCUT2D eigenvalue weighted by molar-refractivity contribution is 6.34. The first kappa shape index (κ1) is 14.6. The van der Waals surface area contributed by atoms with E-state index >= 15 is 0 Å². The predicted octanol–water partition coefficient (Wildman–Crippen LogP) is 5.01. The minimum atomic E-state index is -0.715. The number of Topliss-reactive ketones (excluding diaryl/α,β-unsaturated/α-hetero) is 1. The number of ketones is 1. The molecular weight excluding hydrogens is 288 g/mol. The van der Waals surface area contributed by atoms with Crippen LogP contribution in [0.2, 0.25) is 5.02 Å². The smallest absolute Gasteiger partial charge is 0.229 e. The molecule has 3 rings (SSSR count). The Morgan fingerprint density at radius 3 is 2.76 bits per heavy atom. The second-order valence-electron chi connectivity index (χ2n) is 5.59. The van der Waals surface area contributed by atoms with Crippen molar-refractivity contribution < 1.29 is 13.9 Å². The van der Waals surface area contributed by atoms with Crippen LogP contribution in [-0.4, -0.2) is 18.0 Å². The molecule has 0 unspecified atom stereocenters. The molecule has 0 radical (unpaired) electrons. The van der Waals surface area contributed by atoms with Gasteiger partial charge in [-0.1, -0.05) is 43.0 Å². The third kappa shape index (κ3) is 2.60. The Bertz CT molecular complexity index is 648. The molecule has 2 aromatic rings. The van der Waals surface area contributed by atoms with Crippen molar-refractivity contribution in [2.75, 3.05) is 6.61 Å². The lowest BCUT2D eigenvalue weighted by Crippen LogP contribution is -2.43. The molecule has 112 valence electrons. The maximum absolute atomic E-state index is 12.9. The topological polar surface area (TPSA) is 39.4 Å². The molecular formula is C17H19ClO3. The Balaban J connectivity index is 1.99. The highest BCUT2D eigenvalue weighted by Crippen LogP contribution is 2.36. The molecule has 0 N–H and O–H groups in total. The van der Waals surface area contributed by atoms with Gasteiger partial charge in [0.25, 0.3) is 0 Å². The van der Waals surface area contributed by atoms with E-state index in [-0.39, 0.29) is 5.78 Å². The fourth-order valence-electron chi connectivity index (χ4n) is 3.20. The normalized spacial score (nSPS) is 18.0. The summed E-state index contributed by atoms with van der Waals surface area (Å²) in [6, 6.07) is 7.29. The molecule has 21 heavy (non-hydrogen) atoms. The number of hydrogen-bond donors (Lipinski definition) is 0. The predicted molar refractivity (Wildman–Crippen MR) is 83.0 cm³/mol. The van der Waals surface area contributed by atoms with Crippen LogP contribution >= 0.6 is 11.6 Å². The van der Waals surface area contributed by atoms with E-state index in [2.05, 4.69) is 0 Å². The number of halogens is 1. The van der Waals surface area contributed by atoms with Crippen LogP contribution in [0.15, 0.2) is 28.7 Å². The van der Waals surface area contributed by atoms with E-state index in [1.807, 2.05) is 19.1 Å². The monoisotopic (exact) mass is 306 g/mol. The summed E-state index contributed by atoms with van der Waals surface area (Å²) in [6.45, 7) is 2.46. The Kier molecular flexibility index (Phi) is 4.05. The third-order valence-electron chi connectivity index (χ3n) is 4.22. The highest BCUT2D eigenvalue weighted by atomic mass is 35.5. The third-order valence-corrected chi connectivity index (χ3v) is 4.51. The Hall–Kier alpha value is -1.32. The summed E-state index contributed by atoms with van der Waals surface area (Å²) >= 11 is 6.12. The van der Waals surface area contributed by atoms with Gasteiger partial charge in [-0.25, -0.2) is 0 Å². The number of furan rings is 1. The first-order chi connectivity index (χ1) is 10.2. The molecule has 1 aromatic heterocycles. The average molecular weight is 307 g/mol. The standard InChI is InChI=1S/C17H19ClO3/c1-2-20-17(9-4-3-5-10-17)16(19)14-11-12-7-6-8-13(18)15(12)21-14/h6-8,11H,2-5,9-10H2,1H3. The Labute approximate surface area is 129 Å². The number of carbonyl (C=O) groups excluding carboxylic acids is 1. The summed E-state index contributed by atoms with van der Waals surface area (Å²) in [5.41, 5.74) is -0.141. The maximum atomic E-state index is 12.9. The number of benzene rings is 1. The van der Waals surface area contributed by atoms with E-state index in [4.69, 9.17) is 20.8 Å². The van der Waals surface area contributed by atoms with Gasteiger partial charge in [0.1, 0.15) is 5.60 Å². The van der Waals surface area contributed by atoms with Crippen molar-refractivity contribution in [3.05, 3.63) is 35.0 Å². The van der Waals surface area contributed by atoms with Crippen LogP contribution in [-0.2, 0) is 4.74 Å². The zero-order valence-corrected chi connectivity index (χ0v) is 12.9. The van der Waals surface area contributed by atoms with Crippen molar-refractivity contribution in [1.29, 1.82) is 0 Å². The fourth-order valence-corrected chi connectivity index (χ4v) is 3.42. The zero-order chi connectivity index (χ0) is 14.9. The van der Waals surface area contributed by atoms with E-state index in [1.54, 1.807) is 12.1 Å². The van der Waals surface area contributed by atoms with Gasteiger partial charge in [0.15, 0.2) is 11.3 Å². The van der Waals surface area contributed by atoms with Crippen LogP contribution in [0.5, 0.6) is 0 Å². The molecule has 1 aliphatic rings. The minimum absolute atomic E-state index is 0.0451. The van der Waals surface area contributed by atoms with E-state index in [0.717, 1.165) is 37.5 Å². The van der Waals surface area contributed by atoms with Crippen molar-refractivity contribution in [3.8, 4) is 0 Å². The Morgan fingerprint density at radius 1 is 1.33 bits per heavy atom. The van der Waals surface area contributed by atoms with Crippen LogP contribution in [0.4, 0.5) is 0 Å². The van der Waals surface area contributed by atoms with Crippen molar-refractivity contribution in [2.24, 2.45) is 0 Å². The summed E-state index contributed by atoms with van der Waals surface area (Å²) in [4.78, 5) is 12.9. The van der Waals surface area contributed by atoms with Gasteiger partial charge in [0.05, 0.1) is 5.02 Å². The van der Waals surface area contributed by atoms with Gasteiger partial charge in [-0.15, -0.1) is 0 Å². The summed E-state index contributed by atoms with van der Waals surface area (Å²) < 4.78 is 11.6. The second kappa shape index (κ2) is 5.82. The summed E-state index contributed by atoms with van der Waals surface area (Å²) in [6.07, 6.45) is 4.74. The molecule has 0 spiro atoms. The van der Waals surface area contributed by atoms with Gasteiger partial charge >= 0.3 is 0 Å². The van der Waals surface area contributed by atoms with Gasteiger partial charge in [-0.05, 0) is 31.9 Å². The molecule has 0 saturated heterocycles. The second-order valence-corrected chi connectivity index (χ2v) is 5.99. The van der Waals surface area contributed by atoms with E-state index < -0.39 is 5.60 Å². The van der Waals surface area contributed by atoms with Crippen molar-refractivity contribution in [1.82, 2.24) is 0 Å². The lowest BCUT2D eigenvalue weighted by molar-refractivity contribution is -0.0424. The van der Waals surface area contributed by atoms with Gasteiger partial charge in [-0.2, -0.15) is 0 Å². The number of rotatable bonds is 4. The van der Waals surface area contributed by atoms with Gasteiger partial charge in [0.2, 0.25) is 5.78 Å². The molecule has 1 fully saturated rings. The first-order valence-electron chi connectivity index (χ1n) is 7.53. The largest absolute Gasteiger partial charge is 0.451 e. The van der Waals surface area contributed by atoms with Crippen LogP contribution < -0.4 is 0 Å². The molecule has 0 aliphatic heterocycles. The molecule has 1 heterocycles. The molecule has 4 heteroatoms. The first-order valence-corrected chi connectivity index (χ1v) is 7.91. The minimum Gasteiger partial charge on any atom is -0.451 e.